The van der Waals surface area contributed by atoms with Crippen LogP contribution in [0.4, 0.5) is 0 Å². The van der Waals surface area contributed by atoms with Crippen molar-refractivity contribution < 1.29 is 13.3 Å². The molecule has 6 nitrogen and oxygen atoms in total. The lowest BCUT2D eigenvalue weighted by molar-refractivity contribution is 0.0667. The second-order valence-corrected chi connectivity index (χ2v) is 12.2. The molecule has 2 saturated carbocycles. The molecule has 32 heavy (non-hydrogen) atoms. The zero-order valence-corrected chi connectivity index (χ0v) is 22.7. The first-order valence-corrected chi connectivity index (χ1v) is 15.5. The number of nitrogens with zero attached hydrogens (tertiary/aromatic N) is 2. The fourth-order valence-electron chi connectivity index (χ4n) is 5.22. The molecule has 0 radical (unpaired) electrons. The molecule has 0 aromatic carbocycles. The van der Waals surface area contributed by atoms with Crippen molar-refractivity contribution in [2.24, 2.45) is 10.9 Å². The van der Waals surface area contributed by atoms with E-state index in [0.29, 0.717) is 37.8 Å². The summed E-state index contributed by atoms with van der Waals surface area (Å²) >= 11 is 0. The predicted molar refractivity (Wildman–Crippen MR) is 136 cm³/mol. The number of hydrogen-bond acceptors (Lipinski definition) is 4. The lowest BCUT2D eigenvalue weighted by Gasteiger charge is -2.35. The van der Waals surface area contributed by atoms with Crippen molar-refractivity contribution in [1.29, 1.82) is 0 Å². The van der Waals surface area contributed by atoms with Crippen LogP contribution in [0.25, 0.3) is 0 Å². The minimum absolute atomic E-state index is 0.399. The van der Waals surface area contributed by atoms with Crippen LogP contribution in [0.5, 0.6) is 0 Å². The van der Waals surface area contributed by atoms with Crippen LogP contribution in [0, 0.1) is 5.92 Å². The number of nitrogens with one attached hydrogen (secondary N) is 1. The van der Waals surface area contributed by atoms with Crippen molar-refractivity contribution in [3.63, 3.8) is 0 Å². The molecule has 0 aromatic heterocycles. The highest BCUT2D eigenvalue weighted by Crippen LogP contribution is 2.25. The molecule has 0 aromatic rings. The lowest BCUT2D eigenvalue weighted by Crippen LogP contribution is -2.51. The van der Waals surface area contributed by atoms with Gasteiger partial charge in [-0.25, -0.2) is 4.99 Å². The van der Waals surface area contributed by atoms with Crippen LogP contribution in [0.15, 0.2) is 4.99 Å². The van der Waals surface area contributed by atoms with Gasteiger partial charge >= 0.3 is 8.80 Å². The fraction of sp³-hybridized carbons (Fsp3) is 0.960. The molecule has 0 heterocycles. The summed E-state index contributed by atoms with van der Waals surface area (Å²) in [5, 5.41) is 3.89. The molecule has 2 aliphatic rings. The molecule has 0 aliphatic heterocycles. The van der Waals surface area contributed by atoms with Crippen molar-refractivity contribution in [1.82, 2.24) is 10.2 Å². The van der Waals surface area contributed by atoms with E-state index in [0.717, 1.165) is 25.1 Å². The van der Waals surface area contributed by atoms with E-state index in [9.17, 15) is 0 Å². The summed E-state index contributed by atoms with van der Waals surface area (Å²) < 4.78 is 18.4. The van der Waals surface area contributed by atoms with Gasteiger partial charge in [0.05, 0.1) is 6.04 Å². The summed E-state index contributed by atoms with van der Waals surface area (Å²) in [6.07, 6.45) is 13.1. The summed E-state index contributed by atoms with van der Waals surface area (Å²) in [5.41, 5.74) is 0. The SMILES string of the molecule is CCO[Si](CC(C)CN(CC)C(=NC1CCCCC1)NC1CCCCC1)(OCC)OCC. The van der Waals surface area contributed by atoms with Gasteiger partial charge in [-0.2, -0.15) is 0 Å². The molecule has 1 unspecified atom stereocenters. The number of guanidine groups is 1. The number of hydrogen-bond donors (Lipinski definition) is 1. The Bertz CT molecular complexity index is 506. The molecule has 2 aliphatic carbocycles. The van der Waals surface area contributed by atoms with E-state index in [1.165, 1.54) is 64.2 Å². The van der Waals surface area contributed by atoms with Gasteiger partial charge in [0.2, 0.25) is 0 Å². The highest BCUT2D eigenvalue weighted by Gasteiger charge is 2.42. The maximum absolute atomic E-state index is 6.13. The molecule has 0 bridgehead atoms. The molecule has 2 fully saturated rings. The van der Waals surface area contributed by atoms with Gasteiger partial charge < -0.3 is 23.5 Å². The Hall–Kier alpha value is -0.633. The van der Waals surface area contributed by atoms with Crippen molar-refractivity contribution in [3.05, 3.63) is 0 Å². The van der Waals surface area contributed by atoms with E-state index in [4.69, 9.17) is 18.3 Å². The maximum atomic E-state index is 6.13. The summed E-state index contributed by atoms with van der Waals surface area (Å²) in [6, 6.07) is 1.89. The van der Waals surface area contributed by atoms with E-state index in [2.05, 4.69) is 24.1 Å². The minimum atomic E-state index is -2.64. The van der Waals surface area contributed by atoms with Crippen molar-refractivity contribution in [2.75, 3.05) is 32.9 Å². The summed E-state index contributed by atoms with van der Waals surface area (Å²) in [4.78, 5) is 7.78. The fourth-order valence-corrected chi connectivity index (χ4v) is 8.12. The minimum Gasteiger partial charge on any atom is -0.374 e. The molecule has 0 spiro atoms. The average Bonchev–Trinajstić information content (AvgIpc) is 2.79. The van der Waals surface area contributed by atoms with E-state index < -0.39 is 8.80 Å². The Kier molecular flexibility index (Phi) is 13.2. The Balaban J connectivity index is 2.11. The van der Waals surface area contributed by atoms with Crippen molar-refractivity contribution in [3.8, 4) is 0 Å². The standard InChI is InChI=1S/C25H51N3O3Si/c1-6-28(20-22(5)21-32(29-7-2,30-8-3)31-9-4)25(26-23-16-12-10-13-17-23)27-24-18-14-11-15-19-24/h22-24H,6-21H2,1-5H3,(H,26,27). The van der Waals surface area contributed by atoms with Gasteiger partial charge in [0, 0.05) is 45.0 Å². The van der Waals surface area contributed by atoms with E-state index in [1.54, 1.807) is 0 Å². The van der Waals surface area contributed by atoms with Gasteiger partial charge in [-0.3, -0.25) is 0 Å². The first-order chi connectivity index (χ1) is 15.6. The van der Waals surface area contributed by atoms with Crippen LogP contribution < -0.4 is 5.32 Å². The molecule has 7 heteroatoms. The summed E-state index contributed by atoms with van der Waals surface area (Å²) in [7, 11) is -2.64. The topological polar surface area (TPSA) is 55.3 Å². The van der Waals surface area contributed by atoms with Crippen molar-refractivity contribution >= 4 is 14.8 Å². The van der Waals surface area contributed by atoms with E-state index in [-0.39, 0.29) is 0 Å². The summed E-state index contributed by atoms with van der Waals surface area (Å²) in [5.74, 6) is 1.53. The molecule has 1 N–H and O–H groups in total. The van der Waals surface area contributed by atoms with Crippen LogP contribution in [0.2, 0.25) is 6.04 Å². The van der Waals surface area contributed by atoms with Crippen LogP contribution in [-0.2, 0) is 13.3 Å². The van der Waals surface area contributed by atoms with Gasteiger partial charge in [-0.05, 0) is 59.3 Å². The highest BCUT2D eigenvalue weighted by atomic mass is 28.4. The molecule has 0 saturated heterocycles. The van der Waals surface area contributed by atoms with E-state index in [1.807, 2.05) is 20.8 Å². The normalized spacial score (nSPS) is 20.3. The number of aliphatic imine (C=N–C) groups is 1. The van der Waals surface area contributed by atoms with Gasteiger partial charge in [-0.15, -0.1) is 0 Å². The smallest absolute Gasteiger partial charge is 0.374 e. The zero-order chi connectivity index (χ0) is 23.2. The monoisotopic (exact) mass is 469 g/mol. The third-order valence-electron chi connectivity index (χ3n) is 6.72. The first kappa shape index (κ1) is 27.6. The average molecular weight is 470 g/mol. The van der Waals surface area contributed by atoms with Gasteiger partial charge in [0.15, 0.2) is 5.96 Å². The van der Waals surface area contributed by atoms with E-state index >= 15 is 0 Å². The van der Waals surface area contributed by atoms with Gasteiger partial charge in [0.25, 0.3) is 0 Å². The molecule has 0 amide bonds. The first-order valence-electron chi connectivity index (χ1n) is 13.6. The molecule has 188 valence electrons. The van der Waals surface area contributed by atoms with Crippen LogP contribution in [-0.4, -0.2) is 64.7 Å². The second-order valence-electron chi connectivity index (χ2n) is 9.55. The summed E-state index contributed by atoms with van der Waals surface area (Å²) in [6.45, 7) is 14.5. The van der Waals surface area contributed by atoms with Crippen molar-refractivity contribution in [2.45, 2.75) is 117 Å². The zero-order valence-electron chi connectivity index (χ0n) is 21.7. The van der Waals surface area contributed by atoms with Crippen LogP contribution >= 0.6 is 0 Å². The van der Waals surface area contributed by atoms with Crippen LogP contribution in [0.1, 0.15) is 98.8 Å². The highest BCUT2D eigenvalue weighted by molar-refractivity contribution is 6.60. The quantitative estimate of drug-likeness (QED) is 0.216. The second kappa shape index (κ2) is 15.3. The number of rotatable bonds is 13. The van der Waals surface area contributed by atoms with Crippen LogP contribution in [0.3, 0.4) is 0 Å². The molecule has 1 atom stereocenters. The third kappa shape index (κ3) is 9.32. The third-order valence-corrected chi connectivity index (χ3v) is 10.1. The molecule has 2 rings (SSSR count). The Morgan fingerprint density at radius 1 is 0.875 bits per heavy atom. The largest absolute Gasteiger partial charge is 0.501 e. The Morgan fingerprint density at radius 3 is 1.91 bits per heavy atom. The van der Waals surface area contributed by atoms with Gasteiger partial charge in [-0.1, -0.05) is 45.4 Å². The lowest BCUT2D eigenvalue weighted by atomic mass is 9.95. The predicted octanol–water partition coefficient (Wildman–Crippen LogP) is 5.60. The van der Waals surface area contributed by atoms with Gasteiger partial charge in [0.1, 0.15) is 0 Å². The Labute approximate surface area is 199 Å². The molecular weight excluding hydrogens is 418 g/mol. The molecular formula is C25H51N3O3Si. The maximum Gasteiger partial charge on any atom is 0.501 e. The Morgan fingerprint density at radius 2 is 1.41 bits per heavy atom.